The van der Waals surface area contributed by atoms with Crippen LogP contribution in [0.1, 0.15) is 15.9 Å². The van der Waals surface area contributed by atoms with Crippen LogP contribution in [-0.4, -0.2) is 15.7 Å². The first-order chi connectivity index (χ1) is 11.1. The van der Waals surface area contributed by atoms with E-state index in [9.17, 15) is 9.18 Å². The van der Waals surface area contributed by atoms with Crippen molar-refractivity contribution in [1.82, 2.24) is 9.78 Å². The van der Waals surface area contributed by atoms with Crippen molar-refractivity contribution in [3.63, 3.8) is 0 Å². The van der Waals surface area contributed by atoms with Gasteiger partial charge in [-0.3, -0.25) is 9.48 Å². The van der Waals surface area contributed by atoms with Gasteiger partial charge in [-0.15, -0.1) is 0 Å². The first-order valence-corrected chi connectivity index (χ1v) is 7.75. The number of nitrogens with zero attached hydrogens (tertiary/aromatic N) is 2. The number of aromatic nitrogens is 2. The summed E-state index contributed by atoms with van der Waals surface area (Å²) < 4.78 is 16.0. The van der Waals surface area contributed by atoms with Crippen molar-refractivity contribution >= 4 is 27.7 Å². The van der Waals surface area contributed by atoms with Gasteiger partial charge in [0.25, 0.3) is 5.91 Å². The van der Waals surface area contributed by atoms with Crippen molar-refractivity contribution in [2.45, 2.75) is 6.54 Å². The van der Waals surface area contributed by atoms with Crippen molar-refractivity contribution in [2.24, 2.45) is 0 Å². The van der Waals surface area contributed by atoms with Gasteiger partial charge < -0.3 is 5.32 Å². The van der Waals surface area contributed by atoms with E-state index >= 15 is 0 Å². The van der Waals surface area contributed by atoms with Crippen LogP contribution < -0.4 is 5.32 Å². The molecule has 0 fully saturated rings. The minimum absolute atomic E-state index is 0.248. The molecular weight excluding hydrogens is 361 g/mol. The topological polar surface area (TPSA) is 46.9 Å². The molecule has 6 heteroatoms. The van der Waals surface area contributed by atoms with Crippen LogP contribution in [0.2, 0.25) is 0 Å². The van der Waals surface area contributed by atoms with E-state index in [0.29, 0.717) is 23.5 Å². The van der Waals surface area contributed by atoms with Gasteiger partial charge in [-0.1, -0.05) is 40.2 Å². The lowest BCUT2D eigenvalue weighted by atomic mass is 10.2. The maximum atomic E-state index is 13.6. The Balaban J connectivity index is 1.70. The minimum Gasteiger partial charge on any atom is -0.305 e. The van der Waals surface area contributed by atoms with E-state index in [4.69, 9.17) is 0 Å². The van der Waals surface area contributed by atoms with Gasteiger partial charge in [-0.25, -0.2) is 4.39 Å². The molecule has 0 radical (unpaired) electrons. The third-order valence-corrected chi connectivity index (χ3v) is 3.75. The Labute approximate surface area is 141 Å². The first-order valence-electron chi connectivity index (χ1n) is 6.95. The highest BCUT2D eigenvalue weighted by molar-refractivity contribution is 9.10. The van der Waals surface area contributed by atoms with Crippen molar-refractivity contribution in [3.05, 3.63) is 82.2 Å². The van der Waals surface area contributed by atoms with Gasteiger partial charge in [0.2, 0.25) is 0 Å². The molecule has 3 aromatic rings. The second kappa shape index (κ2) is 6.75. The summed E-state index contributed by atoms with van der Waals surface area (Å²) in [5.41, 5.74) is 1.07. The van der Waals surface area contributed by atoms with E-state index in [2.05, 4.69) is 26.3 Å². The number of rotatable bonds is 4. The van der Waals surface area contributed by atoms with Crippen molar-refractivity contribution < 1.29 is 9.18 Å². The highest BCUT2D eigenvalue weighted by atomic mass is 79.9. The predicted octanol–water partition coefficient (Wildman–Crippen LogP) is 4.09. The Kier molecular flexibility index (Phi) is 4.52. The quantitative estimate of drug-likeness (QED) is 0.748. The van der Waals surface area contributed by atoms with E-state index in [1.165, 1.54) is 6.07 Å². The SMILES string of the molecule is O=C(Nc1ccn(Cc2ccccc2F)n1)c1cccc(Br)c1. The summed E-state index contributed by atoms with van der Waals surface area (Å²) in [6.07, 6.45) is 1.70. The van der Waals surface area contributed by atoms with Crippen molar-refractivity contribution in [3.8, 4) is 0 Å². The van der Waals surface area contributed by atoms with Gasteiger partial charge in [-0.2, -0.15) is 5.10 Å². The Hall–Kier alpha value is -2.47. The lowest BCUT2D eigenvalue weighted by Crippen LogP contribution is -2.13. The maximum absolute atomic E-state index is 13.6. The van der Waals surface area contributed by atoms with E-state index < -0.39 is 0 Å². The highest BCUT2D eigenvalue weighted by Gasteiger charge is 2.09. The zero-order valence-electron chi connectivity index (χ0n) is 12.0. The van der Waals surface area contributed by atoms with Crippen LogP contribution in [0.3, 0.4) is 0 Å². The number of hydrogen-bond acceptors (Lipinski definition) is 2. The van der Waals surface area contributed by atoms with Crippen LogP contribution in [0, 0.1) is 5.82 Å². The van der Waals surface area contributed by atoms with Crippen molar-refractivity contribution in [1.29, 1.82) is 0 Å². The molecule has 0 aliphatic heterocycles. The molecule has 0 bridgehead atoms. The Morgan fingerprint density at radius 2 is 2.00 bits per heavy atom. The van der Waals surface area contributed by atoms with Gasteiger partial charge in [0.1, 0.15) is 5.82 Å². The third kappa shape index (κ3) is 3.84. The molecule has 116 valence electrons. The molecule has 1 N–H and O–H groups in total. The van der Waals surface area contributed by atoms with Crippen LogP contribution >= 0.6 is 15.9 Å². The molecule has 0 aliphatic rings. The zero-order valence-corrected chi connectivity index (χ0v) is 13.6. The molecular formula is C17H13BrFN3O. The molecule has 1 heterocycles. The fourth-order valence-corrected chi connectivity index (χ4v) is 2.54. The number of benzene rings is 2. The fraction of sp³-hybridized carbons (Fsp3) is 0.0588. The average Bonchev–Trinajstić information content (AvgIpc) is 2.97. The number of carbonyl (C=O) groups is 1. The van der Waals surface area contributed by atoms with E-state index in [-0.39, 0.29) is 11.7 Å². The highest BCUT2D eigenvalue weighted by Crippen LogP contribution is 2.14. The summed E-state index contributed by atoms with van der Waals surface area (Å²) in [4.78, 5) is 12.1. The van der Waals surface area contributed by atoms with Gasteiger partial charge in [0, 0.05) is 27.9 Å². The summed E-state index contributed by atoms with van der Waals surface area (Å²) in [6, 6.07) is 15.3. The predicted molar refractivity (Wildman–Crippen MR) is 89.8 cm³/mol. The number of nitrogens with one attached hydrogen (secondary N) is 1. The summed E-state index contributed by atoms with van der Waals surface area (Å²) in [6.45, 7) is 0.305. The van der Waals surface area contributed by atoms with Crippen molar-refractivity contribution in [2.75, 3.05) is 5.32 Å². The lowest BCUT2D eigenvalue weighted by molar-refractivity contribution is 0.102. The summed E-state index contributed by atoms with van der Waals surface area (Å²) >= 11 is 3.33. The van der Waals surface area contributed by atoms with Crippen LogP contribution in [0.25, 0.3) is 0 Å². The summed E-state index contributed by atoms with van der Waals surface area (Å²) in [7, 11) is 0. The van der Waals surface area contributed by atoms with Crippen LogP contribution in [0.4, 0.5) is 10.2 Å². The summed E-state index contributed by atoms with van der Waals surface area (Å²) in [5.74, 6) is -0.100. The molecule has 1 aromatic heterocycles. The Morgan fingerprint density at radius 3 is 2.78 bits per heavy atom. The number of carbonyl (C=O) groups excluding carboxylic acids is 1. The number of halogens is 2. The Bertz CT molecular complexity index is 847. The molecule has 0 aliphatic carbocycles. The van der Waals surface area contributed by atoms with E-state index in [0.717, 1.165) is 4.47 Å². The summed E-state index contributed by atoms with van der Waals surface area (Å²) in [5, 5.41) is 6.96. The Morgan fingerprint density at radius 1 is 1.17 bits per heavy atom. The monoisotopic (exact) mass is 373 g/mol. The van der Waals surface area contributed by atoms with E-state index in [1.54, 1.807) is 53.3 Å². The standard InChI is InChI=1S/C17H13BrFN3O/c18-14-6-3-5-12(10-14)17(23)20-16-8-9-22(21-16)11-13-4-1-2-7-15(13)19/h1-10H,11H2,(H,20,21,23). The maximum Gasteiger partial charge on any atom is 0.256 e. The molecule has 0 saturated carbocycles. The number of amides is 1. The van der Waals surface area contributed by atoms with Gasteiger partial charge in [0.15, 0.2) is 5.82 Å². The van der Waals surface area contributed by atoms with Crippen LogP contribution in [-0.2, 0) is 6.54 Å². The molecule has 2 aromatic carbocycles. The molecule has 0 saturated heterocycles. The van der Waals surface area contributed by atoms with Crippen LogP contribution in [0.5, 0.6) is 0 Å². The van der Waals surface area contributed by atoms with Gasteiger partial charge in [-0.05, 0) is 24.3 Å². The average molecular weight is 374 g/mol. The molecule has 23 heavy (non-hydrogen) atoms. The second-order valence-electron chi connectivity index (χ2n) is 4.95. The molecule has 0 unspecified atom stereocenters. The third-order valence-electron chi connectivity index (χ3n) is 3.26. The second-order valence-corrected chi connectivity index (χ2v) is 5.87. The number of anilines is 1. The van der Waals surface area contributed by atoms with Crippen LogP contribution in [0.15, 0.2) is 65.3 Å². The van der Waals surface area contributed by atoms with Gasteiger partial charge >= 0.3 is 0 Å². The molecule has 3 rings (SSSR count). The van der Waals surface area contributed by atoms with E-state index in [1.807, 2.05) is 6.07 Å². The molecule has 0 spiro atoms. The number of hydrogen-bond donors (Lipinski definition) is 1. The normalized spacial score (nSPS) is 10.5. The fourth-order valence-electron chi connectivity index (χ4n) is 2.14. The zero-order chi connectivity index (χ0) is 16.2. The smallest absolute Gasteiger partial charge is 0.256 e. The first kappa shape index (κ1) is 15.4. The lowest BCUT2D eigenvalue weighted by Gasteiger charge is -2.04. The minimum atomic E-state index is -0.275. The molecule has 1 amide bonds. The molecule has 4 nitrogen and oxygen atoms in total. The molecule has 0 atom stereocenters. The largest absolute Gasteiger partial charge is 0.305 e. The van der Waals surface area contributed by atoms with Gasteiger partial charge in [0.05, 0.1) is 6.54 Å².